The Morgan fingerprint density at radius 1 is 1.13 bits per heavy atom. The molecule has 5 rings (SSSR count). The van der Waals surface area contributed by atoms with Gasteiger partial charge in [-0.3, -0.25) is 4.90 Å². The topological polar surface area (TPSA) is 15.7 Å². The lowest BCUT2D eigenvalue weighted by Crippen LogP contribution is -2.43. The van der Waals surface area contributed by atoms with E-state index < -0.39 is 0 Å². The second kappa shape index (κ2) is 9.39. The first kappa shape index (κ1) is 21.7. The molecule has 0 N–H and O–H groups in total. The Hall–Kier alpha value is -1.13. The summed E-state index contributed by atoms with van der Waals surface area (Å²) in [6, 6.07) is 5.49. The monoisotopic (exact) mass is 428 g/mol. The van der Waals surface area contributed by atoms with E-state index in [1.165, 1.54) is 71.1 Å². The van der Waals surface area contributed by atoms with Gasteiger partial charge in [-0.2, -0.15) is 0 Å². The van der Waals surface area contributed by atoms with Crippen LogP contribution in [-0.2, 0) is 6.42 Å². The van der Waals surface area contributed by atoms with Crippen molar-refractivity contribution in [3.05, 3.63) is 29.6 Å². The highest BCUT2D eigenvalue weighted by Gasteiger charge is 2.49. The summed E-state index contributed by atoms with van der Waals surface area (Å²) in [5.41, 5.74) is 1.43. The van der Waals surface area contributed by atoms with Crippen molar-refractivity contribution in [1.82, 2.24) is 9.80 Å². The summed E-state index contributed by atoms with van der Waals surface area (Å²) < 4.78 is 20.3. The third-order valence-corrected chi connectivity index (χ3v) is 8.93. The van der Waals surface area contributed by atoms with Crippen LogP contribution in [0.25, 0.3) is 0 Å². The third-order valence-electron chi connectivity index (χ3n) is 8.93. The Balaban J connectivity index is 0.987. The lowest BCUT2D eigenvalue weighted by Gasteiger charge is -2.38. The van der Waals surface area contributed by atoms with E-state index in [9.17, 15) is 4.39 Å². The first-order chi connectivity index (χ1) is 15.2. The van der Waals surface area contributed by atoms with Gasteiger partial charge in [-0.1, -0.05) is 13.0 Å². The van der Waals surface area contributed by atoms with Crippen LogP contribution in [0, 0.1) is 23.6 Å². The number of piperidine rings is 1. The van der Waals surface area contributed by atoms with Crippen molar-refractivity contribution in [2.75, 3.05) is 39.3 Å². The molecule has 2 unspecified atom stereocenters. The van der Waals surface area contributed by atoms with Gasteiger partial charge in [0.05, 0.1) is 6.61 Å². The van der Waals surface area contributed by atoms with E-state index in [0.717, 1.165) is 55.7 Å². The van der Waals surface area contributed by atoms with Crippen molar-refractivity contribution in [3.8, 4) is 5.75 Å². The van der Waals surface area contributed by atoms with Gasteiger partial charge in [-0.15, -0.1) is 0 Å². The number of likely N-dealkylation sites (tertiary alicyclic amines) is 2. The maximum Gasteiger partial charge on any atom is 0.130 e. The van der Waals surface area contributed by atoms with E-state index in [0.29, 0.717) is 11.3 Å². The fourth-order valence-electron chi connectivity index (χ4n) is 6.27. The van der Waals surface area contributed by atoms with E-state index in [-0.39, 0.29) is 5.82 Å². The average molecular weight is 429 g/mol. The minimum atomic E-state index is -0.0994. The SMILES string of the molecule is CCC1(N2CCC(C3CC3CCOc3ccc(CCCN4CCC4)c(F)c3)CC2)CC1. The molecular formula is C27H41FN2O. The van der Waals surface area contributed by atoms with Crippen molar-refractivity contribution in [2.24, 2.45) is 17.8 Å². The van der Waals surface area contributed by atoms with Crippen LogP contribution in [0.5, 0.6) is 5.75 Å². The highest BCUT2D eigenvalue weighted by molar-refractivity contribution is 5.29. The Morgan fingerprint density at radius 2 is 1.94 bits per heavy atom. The number of rotatable bonds is 11. The highest BCUT2D eigenvalue weighted by atomic mass is 19.1. The molecule has 0 radical (unpaired) electrons. The summed E-state index contributed by atoms with van der Waals surface area (Å²) in [5, 5.41) is 0. The number of halogens is 1. The zero-order valence-electron chi connectivity index (χ0n) is 19.5. The molecule has 2 heterocycles. The van der Waals surface area contributed by atoms with Crippen LogP contribution in [-0.4, -0.2) is 54.7 Å². The number of hydrogen-bond donors (Lipinski definition) is 0. The average Bonchev–Trinajstić information content (AvgIpc) is 3.66. The molecule has 2 atom stereocenters. The summed E-state index contributed by atoms with van der Waals surface area (Å²) >= 11 is 0. The maximum atomic E-state index is 14.4. The summed E-state index contributed by atoms with van der Waals surface area (Å²) in [6.07, 6.45) is 12.7. The molecule has 0 amide bonds. The maximum absolute atomic E-state index is 14.4. The second-order valence-corrected chi connectivity index (χ2v) is 10.8. The van der Waals surface area contributed by atoms with Crippen molar-refractivity contribution in [1.29, 1.82) is 0 Å². The third kappa shape index (κ3) is 5.11. The Morgan fingerprint density at radius 3 is 2.58 bits per heavy atom. The van der Waals surface area contributed by atoms with Crippen molar-refractivity contribution in [3.63, 3.8) is 0 Å². The highest BCUT2D eigenvalue weighted by Crippen LogP contribution is 2.52. The van der Waals surface area contributed by atoms with Crippen LogP contribution in [0.3, 0.4) is 0 Å². The first-order valence-corrected chi connectivity index (χ1v) is 13.1. The molecule has 2 aliphatic carbocycles. The fourth-order valence-corrected chi connectivity index (χ4v) is 6.27. The smallest absolute Gasteiger partial charge is 0.130 e. The molecular weight excluding hydrogens is 387 g/mol. The Kier molecular flexibility index (Phi) is 6.57. The van der Waals surface area contributed by atoms with E-state index in [2.05, 4.69) is 16.7 Å². The van der Waals surface area contributed by atoms with Gasteiger partial charge in [-0.05, 0) is 126 Å². The van der Waals surface area contributed by atoms with Gasteiger partial charge in [0.25, 0.3) is 0 Å². The van der Waals surface area contributed by atoms with Gasteiger partial charge >= 0.3 is 0 Å². The van der Waals surface area contributed by atoms with Crippen LogP contribution < -0.4 is 4.74 Å². The van der Waals surface area contributed by atoms with Gasteiger partial charge in [0.15, 0.2) is 0 Å². The van der Waals surface area contributed by atoms with Crippen molar-refractivity contribution >= 4 is 0 Å². The standard InChI is InChI=1S/C27H41FN2O/c1-2-27(11-12-27)30-16-8-21(9-17-30)25-19-23(25)10-18-31-24-7-6-22(26(28)20-24)5-3-13-29-14-4-15-29/h6-7,20-21,23,25H,2-5,8-19H2,1H3. The minimum Gasteiger partial charge on any atom is -0.493 e. The molecule has 31 heavy (non-hydrogen) atoms. The van der Waals surface area contributed by atoms with Gasteiger partial charge < -0.3 is 9.64 Å². The molecule has 2 aliphatic heterocycles. The molecule has 4 heteroatoms. The van der Waals surface area contributed by atoms with E-state index in [4.69, 9.17) is 4.74 Å². The summed E-state index contributed by atoms with van der Waals surface area (Å²) in [7, 11) is 0. The van der Waals surface area contributed by atoms with Crippen LogP contribution >= 0.6 is 0 Å². The zero-order valence-corrected chi connectivity index (χ0v) is 19.5. The number of hydrogen-bond acceptors (Lipinski definition) is 3. The molecule has 1 aromatic carbocycles. The molecule has 2 saturated heterocycles. The number of nitrogens with zero attached hydrogens (tertiary/aromatic N) is 2. The lowest BCUT2D eigenvalue weighted by atomic mass is 9.89. The summed E-state index contributed by atoms with van der Waals surface area (Å²) in [6.45, 7) is 9.27. The van der Waals surface area contributed by atoms with Crippen LogP contribution in [0.1, 0.15) is 70.3 Å². The molecule has 0 aromatic heterocycles. The van der Waals surface area contributed by atoms with Crippen LogP contribution in [0.4, 0.5) is 4.39 Å². The van der Waals surface area contributed by atoms with Crippen molar-refractivity contribution < 1.29 is 9.13 Å². The van der Waals surface area contributed by atoms with Crippen LogP contribution in [0.15, 0.2) is 18.2 Å². The normalized spacial score (nSPS) is 28.3. The van der Waals surface area contributed by atoms with E-state index >= 15 is 0 Å². The predicted molar refractivity (Wildman–Crippen MR) is 124 cm³/mol. The van der Waals surface area contributed by atoms with Crippen LogP contribution in [0.2, 0.25) is 0 Å². The number of benzene rings is 1. The summed E-state index contributed by atoms with van der Waals surface area (Å²) in [4.78, 5) is 5.24. The number of ether oxygens (including phenoxy) is 1. The summed E-state index contributed by atoms with van der Waals surface area (Å²) in [5.74, 6) is 3.29. The first-order valence-electron chi connectivity index (χ1n) is 13.1. The molecule has 0 spiro atoms. The zero-order chi connectivity index (χ0) is 21.3. The van der Waals surface area contributed by atoms with Gasteiger partial charge in [0.2, 0.25) is 0 Å². The van der Waals surface area contributed by atoms with Gasteiger partial charge in [-0.25, -0.2) is 4.39 Å². The molecule has 4 aliphatic rings. The van der Waals surface area contributed by atoms with Gasteiger partial charge in [0.1, 0.15) is 11.6 Å². The molecule has 172 valence electrons. The lowest BCUT2D eigenvalue weighted by molar-refractivity contribution is 0.104. The predicted octanol–water partition coefficient (Wildman–Crippen LogP) is 5.52. The molecule has 0 bridgehead atoms. The van der Waals surface area contributed by atoms with Gasteiger partial charge in [0, 0.05) is 11.6 Å². The Bertz CT molecular complexity index is 737. The molecule has 4 fully saturated rings. The number of aryl methyl sites for hydroxylation is 1. The van der Waals surface area contributed by atoms with Crippen molar-refractivity contribution in [2.45, 2.75) is 76.7 Å². The second-order valence-electron chi connectivity index (χ2n) is 10.8. The molecule has 1 aromatic rings. The largest absolute Gasteiger partial charge is 0.493 e. The molecule has 2 saturated carbocycles. The fraction of sp³-hybridized carbons (Fsp3) is 0.778. The quantitative estimate of drug-likeness (QED) is 0.461. The molecule has 3 nitrogen and oxygen atoms in total. The Labute approximate surface area is 188 Å². The van der Waals surface area contributed by atoms with E-state index in [1.54, 1.807) is 6.07 Å². The van der Waals surface area contributed by atoms with E-state index in [1.807, 2.05) is 12.1 Å². The minimum absolute atomic E-state index is 0.0994.